The van der Waals surface area contributed by atoms with E-state index in [4.69, 9.17) is 4.74 Å². The highest BCUT2D eigenvalue weighted by atomic mass is 32.1. The van der Waals surface area contributed by atoms with Gasteiger partial charge in [0.2, 0.25) is 0 Å². The quantitative estimate of drug-likeness (QED) is 0.207. The minimum atomic E-state index is -4.37. The molecule has 39 heavy (non-hydrogen) atoms. The van der Waals surface area contributed by atoms with Crippen molar-refractivity contribution in [3.8, 4) is 17.6 Å². The number of benzene rings is 2. The molecule has 2 N–H and O–H groups in total. The number of alkyl halides is 4. The molecule has 208 valence electrons. The SMILES string of the molecule is CN1CC[C@@H](Nc2cccc3c(CC(F)(F)F)c(C#CCNc4ccc(P(C)C)c5c4OCC5)sc23)[C@@H](F)C1. The predicted octanol–water partition coefficient (Wildman–Crippen LogP) is 6.23. The fraction of sp³-hybridized carbons (Fsp3) is 0.448. The van der Waals surface area contributed by atoms with Gasteiger partial charge in [-0.2, -0.15) is 13.2 Å². The molecule has 3 heterocycles. The average Bonchev–Trinajstić information content (AvgIpc) is 3.49. The van der Waals surface area contributed by atoms with Gasteiger partial charge in [0, 0.05) is 25.1 Å². The molecule has 2 aliphatic heterocycles. The van der Waals surface area contributed by atoms with E-state index in [0.29, 0.717) is 40.2 Å². The third kappa shape index (κ3) is 6.29. The lowest BCUT2D eigenvalue weighted by Crippen LogP contribution is -2.46. The Bertz CT molecular complexity index is 1410. The molecule has 0 aliphatic carbocycles. The zero-order chi connectivity index (χ0) is 27.7. The van der Waals surface area contributed by atoms with Crippen molar-refractivity contribution in [3.05, 3.63) is 46.3 Å². The number of fused-ring (bicyclic) bond motifs is 2. The summed E-state index contributed by atoms with van der Waals surface area (Å²) in [5.74, 6) is 6.88. The Labute approximate surface area is 231 Å². The van der Waals surface area contributed by atoms with E-state index in [1.807, 2.05) is 24.1 Å². The molecule has 0 radical (unpaired) electrons. The number of hydrogen-bond donors (Lipinski definition) is 2. The van der Waals surface area contributed by atoms with Crippen molar-refractivity contribution >= 4 is 46.0 Å². The van der Waals surface area contributed by atoms with Gasteiger partial charge in [0.25, 0.3) is 0 Å². The highest BCUT2D eigenvalue weighted by Gasteiger charge is 2.32. The summed E-state index contributed by atoms with van der Waals surface area (Å²) < 4.78 is 62.0. The van der Waals surface area contributed by atoms with Gasteiger partial charge >= 0.3 is 6.18 Å². The summed E-state index contributed by atoms with van der Waals surface area (Å²) in [5, 5.41) is 8.41. The van der Waals surface area contributed by atoms with Gasteiger partial charge in [-0.3, -0.25) is 0 Å². The van der Waals surface area contributed by atoms with Crippen molar-refractivity contribution in [1.29, 1.82) is 0 Å². The van der Waals surface area contributed by atoms with E-state index in [0.717, 1.165) is 24.4 Å². The Kier molecular flexibility index (Phi) is 8.28. The smallest absolute Gasteiger partial charge is 0.393 e. The molecule has 0 amide bonds. The zero-order valence-electron chi connectivity index (χ0n) is 22.2. The maximum atomic E-state index is 14.7. The lowest BCUT2D eigenvalue weighted by Gasteiger charge is -2.33. The second-order valence-electron chi connectivity index (χ2n) is 10.3. The maximum absolute atomic E-state index is 14.7. The number of nitrogens with zero attached hydrogens (tertiary/aromatic N) is 1. The van der Waals surface area contributed by atoms with Crippen LogP contribution in [0.1, 0.15) is 22.4 Å². The maximum Gasteiger partial charge on any atom is 0.393 e. The first-order chi connectivity index (χ1) is 18.6. The summed E-state index contributed by atoms with van der Waals surface area (Å²) >= 11 is 1.23. The zero-order valence-corrected chi connectivity index (χ0v) is 23.9. The molecule has 0 spiro atoms. The molecule has 1 aromatic heterocycles. The Morgan fingerprint density at radius 3 is 2.74 bits per heavy atom. The van der Waals surface area contributed by atoms with Gasteiger partial charge in [-0.25, -0.2) is 4.39 Å². The van der Waals surface area contributed by atoms with Gasteiger partial charge < -0.3 is 20.3 Å². The fourth-order valence-corrected chi connectivity index (χ4v) is 7.58. The molecule has 3 aromatic rings. The topological polar surface area (TPSA) is 36.5 Å². The Morgan fingerprint density at radius 2 is 2.00 bits per heavy atom. The van der Waals surface area contributed by atoms with Gasteiger partial charge in [-0.1, -0.05) is 38.0 Å². The lowest BCUT2D eigenvalue weighted by molar-refractivity contribution is -0.126. The van der Waals surface area contributed by atoms with Crippen molar-refractivity contribution in [2.45, 2.75) is 37.7 Å². The first kappa shape index (κ1) is 28.0. The van der Waals surface area contributed by atoms with E-state index in [-0.39, 0.29) is 26.1 Å². The first-order valence-electron chi connectivity index (χ1n) is 13.0. The number of halogens is 4. The standard InChI is InChI=1S/C29H32F4N3OPS/c1-36-14-11-22(21(30)17-36)35-24-7-4-6-18-20(16-29(31,32)33)26(39-28(18)24)8-5-13-34-23-9-10-25(38(2)3)19-12-15-37-27(19)23/h4,6-7,9-10,21-22,34-35H,11-17H2,1-3H3/t21-,22+/m0/s1. The molecule has 5 rings (SSSR count). The third-order valence-corrected chi connectivity index (χ3v) is 9.75. The first-order valence-corrected chi connectivity index (χ1v) is 16.0. The molecule has 4 nitrogen and oxygen atoms in total. The monoisotopic (exact) mass is 577 g/mol. The molecular weight excluding hydrogens is 545 g/mol. The number of rotatable bonds is 6. The van der Waals surface area contributed by atoms with Crippen LogP contribution >= 0.6 is 19.3 Å². The summed E-state index contributed by atoms with van der Waals surface area (Å²) in [7, 11) is 1.63. The van der Waals surface area contributed by atoms with E-state index >= 15 is 0 Å². The molecule has 10 heteroatoms. The Hall–Kier alpha value is -2.53. The third-order valence-electron chi connectivity index (χ3n) is 7.17. The number of anilines is 2. The number of nitrogens with one attached hydrogen (secondary N) is 2. The van der Waals surface area contributed by atoms with Gasteiger partial charge in [0.15, 0.2) is 0 Å². The molecule has 1 saturated heterocycles. The van der Waals surface area contributed by atoms with E-state index in [9.17, 15) is 17.6 Å². The minimum absolute atomic E-state index is 0.173. The van der Waals surface area contributed by atoms with Crippen LogP contribution in [0, 0.1) is 11.8 Å². The van der Waals surface area contributed by atoms with Gasteiger partial charge in [-0.05, 0) is 55.2 Å². The second-order valence-corrected chi connectivity index (χ2v) is 13.6. The van der Waals surface area contributed by atoms with Crippen LogP contribution in [0.15, 0.2) is 30.3 Å². The molecule has 2 atom stereocenters. The predicted molar refractivity (Wildman–Crippen MR) is 155 cm³/mol. The molecule has 0 saturated carbocycles. The van der Waals surface area contributed by atoms with E-state index < -0.39 is 18.8 Å². The Morgan fingerprint density at radius 1 is 1.18 bits per heavy atom. The van der Waals surface area contributed by atoms with Gasteiger partial charge in [0.1, 0.15) is 11.9 Å². The van der Waals surface area contributed by atoms with Crippen LogP contribution in [-0.4, -0.2) is 69.9 Å². The number of likely N-dealkylation sites (tertiary alicyclic amines) is 1. The van der Waals surface area contributed by atoms with Crippen LogP contribution in [0.3, 0.4) is 0 Å². The second kappa shape index (κ2) is 11.5. The summed E-state index contributed by atoms with van der Waals surface area (Å²) in [4.78, 5) is 2.33. The summed E-state index contributed by atoms with van der Waals surface area (Å²) in [6.07, 6.45) is -4.98. The number of ether oxygens (including phenoxy) is 1. The lowest BCUT2D eigenvalue weighted by atomic mass is 10.0. The van der Waals surface area contributed by atoms with Gasteiger partial charge in [-0.15, -0.1) is 11.3 Å². The highest BCUT2D eigenvalue weighted by molar-refractivity contribution is 7.64. The van der Waals surface area contributed by atoms with Crippen LogP contribution in [0.4, 0.5) is 28.9 Å². The summed E-state index contributed by atoms with van der Waals surface area (Å²) in [6.45, 7) is 6.45. The summed E-state index contributed by atoms with van der Waals surface area (Å²) in [5.41, 5.74) is 2.92. The van der Waals surface area contributed by atoms with Crippen LogP contribution < -0.4 is 20.7 Å². The molecule has 0 unspecified atom stereocenters. The van der Waals surface area contributed by atoms with Crippen LogP contribution in [0.2, 0.25) is 0 Å². The van der Waals surface area contributed by atoms with Crippen molar-refractivity contribution < 1.29 is 22.3 Å². The van der Waals surface area contributed by atoms with E-state index in [1.165, 1.54) is 22.2 Å². The largest absolute Gasteiger partial charge is 0.491 e. The van der Waals surface area contributed by atoms with Crippen molar-refractivity contribution in [2.24, 2.45) is 0 Å². The van der Waals surface area contributed by atoms with Gasteiger partial charge in [0.05, 0.1) is 46.6 Å². The number of thiophene rings is 1. The average molecular weight is 578 g/mol. The van der Waals surface area contributed by atoms with Crippen molar-refractivity contribution in [1.82, 2.24) is 4.90 Å². The van der Waals surface area contributed by atoms with Crippen LogP contribution in [-0.2, 0) is 12.8 Å². The van der Waals surface area contributed by atoms with Crippen LogP contribution in [0.25, 0.3) is 10.1 Å². The molecular formula is C29H32F4N3OPS. The molecule has 0 bridgehead atoms. The minimum Gasteiger partial charge on any atom is -0.491 e. The van der Waals surface area contributed by atoms with Crippen LogP contribution in [0.5, 0.6) is 5.75 Å². The van der Waals surface area contributed by atoms with Crippen molar-refractivity contribution in [3.63, 3.8) is 0 Å². The van der Waals surface area contributed by atoms with E-state index in [2.05, 4.69) is 41.9 Å². The number of hydrogen-bond acceptors (Lipinski definition) is 5. The summed E-state index contributed by atoms with van der Waals surface area (Å²) in [6, 6.07) is 8.97. The molecule has 2 aliphatic rings. The van der Waals surface area contributed by atoms with E-state index in [1.54, 1.807) is 12.1 Å². The fourth-order valence-electron chi connectivity index (χ4n) is 5.28. The number of piperidine rings is 1. The normalized spacial score (nSPS) is 19.5. The highest BCUT2D eigenvalue weighted by Crippen LogP contribution is 2.40. The molecule has 1 fully saturated rings. The molecule has 2 aromatic carbocycles. The Balaban J connectivity index is 1.40. The van der Waals surface area contributed by atoms with Crippen molar-refractivity contribution in [2.75, 3.05) is 57.3 Å².